The molecule has 0 radical (unpaired) electrons. The van der Waals surface area contributed by atoms with Crippen molar-refractivity contribution in [3.8, 4) is 11.3 Å². The monoisotopic (exact) mass is 290 g/mol. The molecule has 0 saturated carbocycles. The molecule has 108 valence electrons. The fourth-order valence-electron chi connectivity index (χ4n) is 2.06. The zero-order chi connectivity index (χ0) is 14.2. The average Bonchev–Trinajstić information content (AvgIpc) is 2.93. The molecular weight excluding hydrogens is 268 g/mol. The minimum absolute atomic E-state index is 0.172. The van der Waals surface area contributed by atoms with Gasteiger partial charge in [-0.3, -0.25) is 0 Å². The van der Waals surface area contributed by atoms with Gasteiger partial charge in [-0.25, -0.2) is 4.98 Å². The largest absolute Gasteiger partial charge is 0.382 e. The molecule has 1 heterocycles. The number of nitrogens with two attached hydrogens (primary N) is 1. The van der Waals surface area contributed by atoms with Crippen LogP contribution in [0.1, 0.15) is 24.8 Å². The van der Waals surface area contributed by atoms with Gasteiger partial charge < -0.3 is 10.5 Å². The molecule has 0 aliphatic carbocycles. The highest BCUT2D eigenvalue weighted by Crippen LogP contribution is 2.22. The Morgan fingerprint density at radius 3 is 2.85 bits per heavy atom. The number of rotatable bonds is 8. The van der Waals surface area contributed by atoms with E-state index < -0.39 is 0 Å². The number of aromatic nitrogens is 1. The smallest absolute Gasteiger partial charge is 0.0948 e. The van der Waals surface area contributed by atoms with Crippen molar-refractivity contribution < 1.29 is 4.74 Å². The van der Waals surface area contributed by atoms with Gasteiger partial charge >= 0.3 is 0 Å². The second kappa shape index (κ2) is 8.15. The Balaban J connectivity index is 1.83. The molecule has 1 aromatic carbocycles. The molecule has 1 aromatic heterocycles. The second-order valence-corrected chi connectivity index (χ2v) is 5.74. The Labute approximate surface area is 124 Å². The fourth-order valence-corrected chi connectivity index (χ4v) is 2.96. The van der Waals surface area contributed by atoms with Crippen molar-refractivity contribution in [1.82, 2.24) is 4.98 Å². The first-order chi connectivity index (χ1) is 9.79. The Kier molecular flexibility index (Phi) is 6.18. The summed E-state index contributed by atoms with van der Waals surface area (Å²) in [7, 11) is 0. The van der Waals surface area contributed by atoms with Crippen LogP contribution < -0.4 is 5.73 Å². The highest BCUT2D eigenvalue weighted by molar-refractivity contribution is 7.09. The van der Waals surface area contributed by atoms with E-state index in [2.05, 4.69) is 22.5 Å². The van der Waals surface area contributed by atoms with Crippen molar-refractivity contribution in [1.29, 1.82) is 0 Å². The van der Waals surface area contributed by atoms with Gasteiger partial charge in [0.2, 0.25) is 0 Å². The molecule has 2 N–H and O–H groups in total. The molecule has 3 nitrogen and oxygen atoms in total. The summed E-state index contributed by atoms with van der Waals surface area (Å²) in [4.78, 5) is 4.67. The minimum Gasteiger partial charge on any atom is -0.382 e. The summed E-state index contributed by atoms with van der Waals surface area (Å²) in [6.45, 7) is 3.60. The van der Waals surface area contributed by atoms with E-state index in [0.717, 1.165) is 43.2 Å². The van der Waals surface area contributed by atoms with Crippen molar-refractivity contribution in [2.75, 3.05) is 13.2 Å². The minimum atomic E-state index is 0.172. The molecule has 1 atom stereocenters. The highest BCUT2D eigenvalue weighted by Gasteiger charge is 2.09. The van der Waals surface area contributed by atoms with Crippen molar-refractivity contribution in [3.05, 3.63) is 40.7 Å². The van der Waals surface area contributed by atoms with E-state index in [1.807, 2.05) is 25.1 Å². The van der Waals surface area contributed by atoms with Crippen LogP contribution in [-0.4, -0.2) is 24.2 Å². The Bertz CT molecular complexity index is 498. The van der Waals surface area contributed by atoms with Gasteiger partial charge in [-0.15, -0.1) is 11.3 Å². The van der Waals surface area contributed by atoms with Crippen LogP contribution in [0.5, 0.6) is 0 Å². The van der Waals surface area contributed by atoms with Crippen LogP contribution in [0, 0.1) is 0 Å². The Hall–Kier alpha value is -1.23. The third-order valence-electron chi connectivity index (χ3n) is 3.13. The van der Waals surface area contributed by atoms with Gasteiger partial charge in [0.25, 0.3) is 0 Å². The van der Waals surface area contributed by atoms with E-state index in [0.29, 0.717) is 0 Å². The van der Waals surface area contributed by atoms with E-state index in [1.54, 1.807) is 11.3 Å². The summed E-state index contributed by atoms with van der Waals surface area (Å²) in [5.74, 6) is 0. The SMILES string of the molecule is CCOCCCC(N)Cc1nc(-c2ccccc2)cs1. The van der Waals surface area contributed by atoms with Crippen molar-refractivity contribution >= 4 is 11.3 Å². The third-order valence-corrected chi connectivity index (χ3v) is 4.00. The van der Waals surface area contributed by atoms with Gasteiger partial charge in [-0.2, -0.15) is 0 Å². The number of nitrogens with zero attached hydrogens (tertiary/aromatic N) is 1. The molecule has 0 fully saturated rings. The maximum Gasteiger partial charge on any atom is 0.0948 e. The molecule has 2 aromatic rings. The molecule has 2 rings (SSSR count). The second-order valence-electron chi connectivity index (χ2n) is 4.80. The van der Waals surface area contributed by atoms with Gasteiger partial charge in [-0.1, -0.05) is 30.3 Å². The predicted molar refractivity (Wildman–Crippen MR) is 85.0 cm³/mol. The number of ether oxygens (including phenoxy) is 1. The van der Waals surface area contributed by atoms with E-state index >= 15 is 0 Å². The number of hydrogen-bond donors (Lipinski definition) is 1. The third kappa shape index (κ3) is 4.71. The predicted octanol–water partition coefficient (Wildman–Crippen LogP) is 3.50. The summed E-state index contributed by atoms with van der Waals surface area (Å²) in [6.07, 6.45) is 2.86. The van der Waals surface area contributed by atoms with Crippen LogP contribution in [0.4, 0.5) is 0 Å². The summed E-state index contributed by atoms with van der Waals surface area (Å²) in [5.41, 5.74) is 8.36. The van der Waals surface area contributed by atoms with Crippen LogP contribution >= 0.6 is 11.3 Å². The lowest BCUT2D eigenvalue weighted by atomic mass is 10.1. The molecule has 0 bridgehead atoms. The summed E-state index contributed by atoms with van der Waals surface area (Å²) in [5, 5.41) is 3.23. The highest BCUT2D eigenvalue weighted by atomic mass is 32.1. The van der Waals surface area contributed by atoms with Gasteiger partial charge in [0, 0.05) is 36.6 Å². The fraction of sp³-hybridized carbons (Fsp3) is 0.438. The molecule has 0 amide bonds. The Morgan fingerprint density at radius 1 is 1.30 bits per heavy atom. The van der Waals surface area contributed by atoms with E-state index in [4.69, 9.17) is 10.5 Å². The van der Waals surface area contributed by atoms with E-state index in [-0.39, 0.29) is 6.04 Å². The van der Waals surface area contributed by atoms with Crippen molar-refractivity contribution in [2.45, 2.75) is 32.2 Å². The van der Waals surface area contributed by atoms with Gasteiger partial charge in [-0.05, 0) is 19.8 Å². The van der Waals surface area contributed by atoms with Crippen molar-refractivity contribution in [3.63, 3.8) is 0 Å². The number of benzene rings is 1. The van der Waals surface area contributed by atoms with Crippen LogP contribution in [0.3, 0.4) is 0 Å². The van der Waals surface area contributed by atoms with E-state index in [1.165, 1.54) is 5.56 Å². The van der Waals surface area contributed by atoms with Crippen LogP contribution in [0.2, 0.25) is 0 Å². The molecule has 4 heteroatoms. The number of thiazole rings is 1. The van der Waals surface area contributed by atoms with Crippen LogP contribution in [0.15, 0.2) is 35.7 Å². The molecule has 20 heavy (non-hydrogen) atoms. The summed E-state index contributed by atoms with van der Waals surface area (Å²) in [6, 6.07) is 10.4. The normalized spacial score (nSPS) is 12.5. The zero-order valence-electron chi connectivity index (χ0n) is 11.9. The first-order valence-electron chi connectivity index (χ1n) is 7.12. The summed E-state index contributed by atoms with van der Waals surface area (Å²) < 4.78 is 5.33. The van der Waals surface area contributed by atoms with Crippen LogP contribution in [0.25, 0.3) is 11.3 Å². The van der Waals surface area contributed by atoms with Gasteiger partial charge in [0.1, 0.15) is 0 Å². The molecule has 1 unspecified atom stereocenters. The Morgan fingerprint density at radius 2 is 2.10 bits per heavy atom. The zero-order valence-corrected chi connectivity index (χ0v) is 12.7. The maximum absolute atomic E-state index is 6.15. The first kappa shape index (κ1) is 15.2. The molecule has 0 spiro atoms. The van der Waals surface area contributed by atoms with Crippen LogP contribution in [-0.2, 0) is 11.2 Å². The average molecular weight is 290 g/mol. The van der Waals surface area contributed by atoms with E-state index in [9.17, 15) is 0 Å². The molecule has 0 aliphatic rings. The summed E-state index contributed by atoms with van der Waals surface area (Å²) >= 11 is 1.69. The quantitative estimate of drug-likeness (QED) is 0.757. The molecular formula is C16H22N2OS. The number of hydrogen-bond acceptors (Lipinski definition) is 4. The van der Waals surface area contributed by atoms with Gasteiger partial charge in [0.15, 0.2) is 0 Å². The lowest BCUT2D eigenvalue weighted by Crippen LogP contribution is -2.23. The topological polar surface area (TPSA) is 48.1 Å². The first-order valence-corrected chi connectivity index (χ1v) is 8.00. The van der Waals surface area contributed by atoms with Gasteiger partial charge in [0.05, 0.1) is 10.7 Å². The lowest BCUT2D eigenvalue weighted by molar-refractivity contribution is 0.142. The maximum atomic E-state index is 6.15. The molecule has 0 saturated heterocycles. The molecule has 0 aliphatic heterocycles. The lowest BCUT2D eigenvalue weighted by Gasteiger charge is -2.09. The van der Waals surface area contributed by atoms with Crippen molar-refractivity contribution in [2.24, 2.45) is 5.73 Å². The standard InChI is InChI=1S/C16H22N2OS/c1-2-19-10-6-9-14(17)11-16-18-15(12-20-16)13-7-4-3-5-8-13/h3-5,7-8,12,14H,2,6,9-11,17H2,1H3.